The molecule has 0 aliphatic rings. The molecule has 1 N–H and O–H groups in total. The fraction of sp³-hybridized carbons (Fsp3) is 0.200. The van der Waals surface area contributed by atoms with Crippen LogP contribution in [0.5, 0.6) is 0 Å². The normalized spacial score (nSPS) is 10.7. The maximum absolute atomic E-state index is 12.8. The Morgan fingerprint density at radius 1 is 1.14 bits per heavy atom. The molecule has 0 fully saturated rings. The van der Waals surface area contributed by atoms with E-state index in [1.807, 2.05) is 30.3 Å². The van der Waals surface area contributed by atoms with E-state index in [4.69, 9.17) is 0 Å². The first-order chi connectivity index (χ1) is 13.9. The van der Waals surface area contributed by atoms with Gasteiger partial charge in [0.1, 0.15) is 5.69 Å². The maximum atomic E-state index is 12.8. The molecule has 0 saturated heterocycles. The topological polar surface area (TPSA) is 99.2 Å². The smallest absolute Gasteiger partial charge is 0.295 e. The number of nitro groups is 1. The zero-order chi connectivity index (χ0) is 21.0. The highest BCUT2D eigenvalue weighted by Gasteiger charge is 2.18. The summed E-state index contributed by atoms with van der Waals surface area (Å²) < 4.78 is 3.21. The molecule has 2 aromatic carbocycles. The van der Waals surface area contributed by atoms with Crippen molar-refractivity contribution < 1.29 is 9.72 Å². The van der Waals surface area contributed by atoms with Gasteiger partial charge in [-0.05, 0) is 24.6 Å². The van der Waals surface area contributed by atoms with Gasteiger partial charge in [0.2, 0.25) is 5.91 Å². The van der Waals surface area contributed by atoms with Crippen LogP contribution < -0.4 is 10.9 Å². The van der Waals surface area contributed by atoms with E-state index < -0.39 is 4.92 Å². The van der Waals surface area contributed by atoms with Crippen LogP contribution in [0.3, 0.4) is 0 Å². The van der Waals surface area contributed by atoms with Gasteiger partial charge in [-0.2, -0.15) is 0 Å². The van der Waals surface area contributed by atoms with Crippen LogP contribution in [0.2, 0.25) is 0 Å². The van der Waals surface area contributed by atoms with E-state index >= 15 is 0 Å². The van der Waals surface area contributed by atoms with Crippen molar-refractivity contribution in [2.24, 2.45) is 7.05 Å². The first kappa shape index (κ1) is 20.4. The number of nitrogens with one attached hydrogen (secondary N) is 1. The third kappa shape index (κ3) is 4.57. The summed E-state index contributed by atoms with van der Waals surface area (Å²) in [5, 5.41) is 13.4. The average Bonchev–Trinajstić information content (AvgIpc) is 2.92. The molecule has 3 rings (SSSR count). The molecule has 150 valence electrons. The SMILES string of the molecule is Cc1c(NC(=O)CSCc2ccc([N+](=O)[O-])cc2)c(=O)n(-c2ccccc2)n1C. The lowest BCUT2D eigenvalue weighted by molar-refractivity contribution is -0.384. The van der Waals surface area contributed by atoms with Crippen LogP contribution in [0.25, 0.3) is 5.69 Å². The lowest BCUT2D eigenvalue weighted by Gasteiger charge is -2.07. The fourth-order valence-corrected chi connectivity index (χ4v) is 3.65. The molecule has 0 bridgehead atoms. The van der Waals surface area contributed by atoms with Gasteiger partial charge in [-0.15, -0.1) is 11.8 Å². The number of anilines is 1. The van der Waals surface area contributed by atoms with Crippen LogP contribution >= 0.6 is 11.8 Å². The minimum atomic E-state index is -0.450. The first-order valence-corrected chi connectivity index (χ1v) is 9.99. The molecule has 3 aromatic rings. The molecule has 1 amide bonds. The molecule has 0 saturated carbocycles. The van der Waals surface area contributed by atoms with Crippen molar-refractivity contribution in [3.8, 4) is 5.69 Å². The number of nitrogens with zero attached hydrogens (tertiary/aromatic N) is 3. The Morgan fingerprint density at radius 3 is 2.41 bits per heavy atom. The maximum Gasteiger partial charge on any atom is 0.295 e. The van der Waals surface area contributed by atoms with Crippen molar-refractivity contribution in [2.75, 3.05) is 11.1 Å². The molecule has 0 spiro atoms. The number of rotatable bonds is 7. The minimum Gasteiger partial charge on any atom is -0.319 e. The average molecular weight is 412 g/mol. The molecule has 1 aromatic heterocycles. The van der Waals surface area contributed by atoms with Gasteiger partial charge in [0.05, 0.1) is 22.1 Å². The van der Waals surface area contributed by atoms with E-state index in [1.54, 1.807) is 30.8 Å². The van der Waals surface area contributed by atoms with Crippen LogP contribution in [0.1, 0.15) is 11.3 Å². The Hall–Kier alpha value is -3.33. The van der Waals surface area contributed by atoms with Crippen LogP contribution in [-0.2, 0) is 17.6 Å². The summed E-state index contributed by atoms with van der Waals surface area (Å²) in [5.41, 5.74) is 2.27. The van der Waals surface area contributed by atoms with Gasteiger partial charge in [0.15, 0.2) is 0 Å². The predicted octanol–water partition coefficient (Wildman–Crippen LogP) is 3.26. The zero-order valence-electron chi connectivity index (χ0n) is 16.0. The lowest BCUT2D eigenvalue weighted by Crippen LogP contribution is -2.23. The van der Waals surface area contributed by atoms with Gasteiger partial charge in [-0.25, -0.2) is 4.68 Å². The quantitative estimate of drug-likeness (QED) is 0.474. The second kappa shape index (κ2) is 8.78. The van der Waals surface area contributed by atoms with Gasteiger partial charge >= 0.3 is 0 Å². The highest BCUT2D eigenvalue weighted by Crippen LogP contribution is 2.18. The van der Waals surface area contributed by atoms with Crippen LogP contribution in [-0.4, -0.2) is 25.9 Å². The summed E-state index contributed by atoms with van der Waals surface area (Å²) in [5.74, 6) is 0.423. The van der Waals surface area contributed by atoms with Crippen LogP contribution in [0, 0.1) is 17.0 Å². The fourth-order valence-electron chi connectivity index (χ4n) is 2.86. The minimum absolute atomic E-state index is 0.0331. The molecule has 29 heavy (non-hydrogen) atoms. The Balaban J connectivity index is 1.64. The third-order valence-corrected chi connectivity index (χ3v) is 5.47. The van der Waals surface area contributed by atoms with Gasteiger partial charge in [0.25, 0.3) is 11.2 Å². The van der Waals surface area contributed by atoms with E-state index in [1.165, 1.54) is 28.6 Å². The number of benzene rings is 2. The van der Waals surface area contributed by atoms with Crippen molar-refractivity contribution in [1.29, 1.82) is 0 Å². The number of para-hydroxylation sites is 1. The molecule has 0 unspecified atom stereocenters. The molecular weight excluding hydrogens is 392 g/mol. The van der Waals surface area contributed by atoms with Crippen molar-refractivity contribution in [3.63, 3.8) is 0 Å². The Labute approximate surface area is 171 Å². The monoisotopic (exact) mass is 412 g/mol. The number of carbonyl (C=O) groups is 1. The third-order valence-electron chi connectivity index (χ3n) is 4.47. The van der Waals surface area contributed by atoms with Gasteiger partial charge in [-0.1, -0.05) is 30.3 Å². The molecule has 8 nitrogen and oxygen atoms in total. The predicted molar refractivity (Wildman–Crippen MR) is 114 cm³/mol. The molecule has 0 aliphatic carbocycles. The number of hydrogen-bond donors (Lipinski definition) is 1. The number of hydrogen-bond acceptors (Lipinski definition) is 5. The molecule has 9 heteroatoms. The van der Waals surface area contributed by atoms with Crippen molar-refractivity contribution >= 4 is 29.0 Å². The number of non-ortho nitro benzene ring substituents is 1. The van der Waals surface area contributed by atoms with Crippen molar-refractivity contribution in [3.05, 3.63) is 86.3 Å². The Morgan fingerprint density at radius 2 is 1.79 bits per heavy atom. The highest BCUT2D eigenvalue weighted by molar-refractivity contribution is 7.99. The zero-order valence-corrected chi connectivity index (χ0v) is 16.8. The van der Waals surface area contributed by atoms with E-state index in [9.17, 15) is 19.7 Å². The van der Waals surface area contributed by atoms with E-state index in [0.717, 1.165) is 11.3 Å². The largest absolute Gasteiger partial charge is 0.319 e. The molecular formula is C20H20N4O4S. The number of thioether (sulfide) groups is 1. The second-order valence-corrected chi connectivity index (χ2v) is 7.39. The second-order valence-electron chi connectivity index (χ2n) is 6.40. The van der Waals surface area contributed by atoms with Crippen molar-refractivity contribution in [2.45, 2.75) is 12.7 Å². The summed E-state index contributed by atoms with van der Waals surface area (Å²) in [6, 6.07) is 15.4. The van der Waals surface area contributed by atoms with Crippen molar-refractivity contribution in [1.82, 2.24) is 9.36 Å². The number of nitro benzene ring substituents is 1. The lowest BCUT2D eigenvalue weighted by atomic mass is 10.2. The summed E-state index contributed by atoms with van der Waals surface area (Å²) in [6.45, 7) is 1.78. The van der Waals surface area contributed by atoms with Crippen LogP contribution in [0.15, 0.2) is 59.4 Å². The van der Waals surface area contributed by atoms with E-state index in [-0.39, 0.29) is 28.6 Å². The Bertz CT molecular complexity index is 1090. The number of aromatic nitrogens is 2. The highest BCUT2D eigenvalue weighted by atomic mass is 32.2. The van der Waals surface area contributed by atoms with E-state index in [0.29, 0.717) is 11.4 Å². The molecule has 0 radical (unpaired) electrons. The molecule has 0 aliphatic heterocycles. The molecule has 1 heterocycles. The Kier molecular flexibility index (Phi) is 6.18. The van der Waals surface area contributed by atoms with Gasteiger partial charge in [-0.3, -0.25) is 24.4 Å². The van der Waals surface area contributed by atoms with Gasteiger partial charge in [0, 0.05) is 24.9 Å². The number of carbonyl (C=O) groups excluding carboxylic acids is 1. The summed E-state index contributed by atoms with van der Waals surface area (Å²) in [4.78, 5) is 35.4. The van der Waals surface area contributed by atoms with E-state index in [2.05, 4.69) is 5.32 Å². The molecule has 0 atom stereocenters. The first-order valence-electron chi connectivity index (χ1n) is 8.83. The van der Waals surface area contributed by atoms with Crippen LogP contribution in [0.4, 0.5) is 11.4 Å². The number of amides is 1. The van der Waals surface area contributed by atoms with Gasteiger partial charge < -0.3 is 5.32 Å². The standard InChI is InChI=1S/C20H20N4O4S/c1-14-19(20(26)23(22(14)2)16-6-4-3-5-7-16)21-18(25)13-29-12-15-8-10-17(11-9-15)24(27)28/h3-11H,12-13H2,1-2H3,(H,21,25). The summed E-state index contributed by atoms with van der Waals surface area (Å²) >= 11 is 1.37. The summed E-state index contributed by atoms with van der Waals surface area (Å²) in [6.07, 6.45) is 0. The summed E-state index contributed by atoms with van der Waals surface area (Å²) in [7, 11) is 1.77.